The zero-order valence-corrected chi connectivity index (χ0v) is 30.8. The van der Waals surface area contributed by atoms with Crippen LogP contribution in [0, 0.1) is 5.82 Å². The van der Waals surface area contributed by atoms with Crippen molar-refractivity contribution in [3.8, 4) is 23.0 Å². The van der Waals surface area contributed by atoms with Crippen molar-refractivity contribution in [1.82, 2.24) is 5.32 Å². The standard InChI is InChI=1S/C39H41FN2O13/c1-48-21-52-30-10-7-8-26-18-29(33(19-28(26)30)54-23-50-3)37(44)41-27-9-5-6-17-42(20-27,39(46)47)55-38(45)25-13-11-24(12-14-25)36(43)34-31(53-22-49-2)15-16-32(51-4)35(34)40/h7-8,10-16,18-19,27H,5-6,9,17,20-23H2,1-4H3,(H-,41,44,46,47)/p+1. The highest BCUT2D eigenvalue weighted by Crippen LogP contribution is 2.34. The van der Waals surface area contributed by atoms with E-state index in [1.54, 1.807) is 30.3 Å². The van der Waals surface area contributed by atoms with Crippen molar-refractivity contribution in [2.45, 2.75) is 25.3 Å². The number of carboxylic acid groups (broad SMARTS) is 1. The van der Waals surface area contributed by atoms with E-state index in [1.807, 2.05) is 0 Å². The number of hydroxylamine groups is 3. The number of carbonyl (C=O) groups is 4. The molecule has 1 aliphatic heterocycles. The topological polar surface area (TPSA) is 174 Å². The molecule has 0 aliphatic carbocycles. The van der Waals surface area contributed by atoms with Gasteiger partial charge in [0.1, 0.15) is 29.4 Å². The van der Waals surface area contributed by atoms with Gasteiger partial charge in [-0.2, -0.15) is 4.79 Å². The summed E-state index contributed by atoms with van der Waals surface area (Å²) in [7, 11) is 5.57. The number of hydrogen-bond acceptors (Lipinski definition) is 12. The summed E-state index contributed by atoms with van der Waals surface area (Å²) in [5, 5.41) is 14.7. The van der Waals surface area contributed by atoms with Crippen molar-refractivity contribution in [1.29, 1.82) is 0 Å². The van der Waals surface area contributed by atoms with Crippen molar-refractivity contribution in [3.63, 3.8) is 0 Å². The van der Waals surface area contributed by atoms with Gasteiger partial charge in [0, 0.05) is 38.7 Å². The number of carbonyl (C=O) groups excluding carboxylic acids is 3. The zero-order chi connectivity index (χ0) is 39.5. The summed E-state index contributed by atoms with van der Waals surface area (Å²) in [6.07, 6.45) is -0.117. The number of halogens is 1. The van der Waals surface area contributed by atoms with Crippen LogP contribution in [0.15, 0.2) is 66.7 Å². The summed E-state index contributed by atoms with van der Waals surface area (Å²) >= 11 is 0. The molecular formula is C39H42FN2O13+. The lowest BCUT2D eigenvalue weighted by molar-refractivity contribution is -1.03. The van der Waals surface area contributed by atoms with E-state index in [0.29, 0.717) is 35.8 Å². The third kappa shape index (κ3) is 9.29. The van der Waals surface area contributed by atoms with E-state index < -0.39 is 45.8 Å². The minimum Gasteiger partial charge on any atom is -0.494 e. The van der Waals surface area contributed by atoms with E-state index in [1.165, 1.54) is 64.8 Å². The molecule has 2 amide bonds. The summed E-state index contributed by atoms with van der Waals surface area (Å²) in [4.78, 5) is 59.3. The van der Waals surface area contributed by atoms with Crippen LogP contribution in [-0.4, -0.2) is 101 Å². The fourth-order valence-corrected chi connectivity index (χ4v) is 6.18. The van der Waals surface area contributed by atoms with Gasteiger partial charge in [0.2, 0.25) is 0 Å². The molecule has 0 saturated carbocycles. The average Bonchev–Trinajstić information content (AvgIpc) is 3.40. The fraction of sp³-hybridized carbons (Fsp3) is 0.333. The van der Waals surface area contributed by atoms with E-state index in [9.17, 15) is 24.3 Å². The van der Waals surface area contributed by atoms with Crippen molar-refractivity contribution in [2.24, 2.45) is 0 Å². The molecule has 4 aromatic rings. The maximum absolute atomic E-state index is 15.3. The van der Waals surface area contributed by atoms with Crippen LogP contribution < -0.4 is 24.3 Å². The molecule has 2 unspecified atom stereocenters. The smallest absolute Gasteiger partial charge is 0.494 e. The number of methoxy groups -OCH3 is 4. The first-order valence-corrected chi connectivity index (χ1v) is 17.1. The van der Waals surface area contributed by atoms with Crippen LogP contribution in [0.25, 0.3) is 10.8 Å². The summed E-state index contributed by atoms with van der Waals surface area (Å²) in [5.74, 6) is -2.77. The number of hydrogen-bond donors (Lipinski definition) is 2. The van der Waals surface area contributed by atoms with Gasteiger partial charge in [-0.05, 0) is 65.3 Å². The Bertz CT molecular complexity index is 2020. The normalized spacial score (nSPS) is 16.8. The van der Waals surface area contributed by atoms with Gasteiger partial charge in [0.25, 0.3) is 5.91 Å². The molecule has 1 saturated heterocycles. The van der Waals surface area contributed by atoms with E-state index in [-0.39, 0.29) is 67.4 Å². The Labute approximate surface area is 315 Å². The zero-order valence-electron chi connectivity index (χ0n) is 30.8. The lowest BCUT2D eigenvalue weighted by Crippen LogP contribution is -2.58. The summed E-state index contributed by atoms with van der Waals surface area (Å²) < 4.78 is 51.0. The number of rotatable bonds is 15. The van der Waals surface area contributed by atoms with Crippen LogP contribution in [0.4, 0.5) is 9.18 Å². The highest BCUT2D eigenvalue weighted by Gasteiger charge is 2.47. The molecule has 1 aliphatic rings. The van der Waals surface area contributed by atoms with Crippen LogP contribution in [-0.2, 0) is 19.0 Å². The van der Waals surface area contributed by atoms with E-state index in [4.69, 9.17) is 38.0 Å². The number of quaternary nitrogens is 1. The molecule has 2 atom stereocenters. The van der Waals surface area contributed by atoms with Crippen LogP contribution in [0.3, 0.4) is 0 Å². The number of nitrogens with zero attached hydrogens (tertiary/aromatic N) is 1. The van der Waals surface area contributed by atoms with Crippen molar-refractivity contribution < 1.29 is 71.3 Å². The Hall–Kier alpha value is -5.81. The predicted octanol–water partition coefficient (Wildman–Crippen LogP) is 5.72. The minimum atomic E-state index is -1.43. The van der Waals surface area contributed by atoms with Crippen LogP contribution in [0.5, 0.6) is 23.0 Å². The maximum Gasteiger partial charge on any atom is 0.556 e. The lowest BCUT2D eigenvalue weighted by Gasteiger charge is -2.30. The molecule has 4 aromatic carbocycles. The second kappa shape index (κ2) is 18.5. The Kier molecular flexibility index (Phi) is 13.6. The molecule has 16 heteroatoms. The summed E-state index contributed by atoms with van der Waals surface area (Å²) in [5.41, 5.74) is -0.287. The molecule has 5 rings (SSSR count). The highest BCUT2D eigenvalue weighted by atomic mass is 19.1. The molecule has 0 bridgehead atoms. The van der Waals surface area contributed by atoms with Gasteiger partial charge in [-0.25, -0.2) is 9.18 Å². The van der Waals surface area contributed by atoms with Gasteiger partial charge in [-0.3, -0.25) is 14.4 Å². The summed E-state index contributed by atoms with van der Waals surface area (Å²) in [6, 6.07) is 15.7. The third-order valence-electron chi connectivity index (χ3n) is 8.86. The van der Waals surface area contributed by atoms with Gasteiger partial charge in [-0.1, -0.05) is 24.3 Å². The second-order valence-electron chi connectivity index (χ2n) is 12.5. The number of benzene rings is 4. The first kappa shape index (κ1) is 40.4. The van der Waals surface area contributed by atoms with Gasteiger partial charge >= 0.3 is 12.1 Å². The molecule has 55 heavy (non-hydrogen) atoms. The quantitative estimate of drug-likeness (QED) is 0.0856. The SMILES string of the molecule is COCOc1cc2c(OCOC)cccc2cc1C(=O)NC1CCCC[N+](OC(=O)c2ccc(C(=O)c3c(OCOC)ccc(OC)c3F)cc2)(C(=O)O)C1. The fourth-order valence-electron chi connectivity index (χ4n) is 6.18. The molecule has 2 N–H and O–H groups in total. The largest absolute Gasteiger partial charge is 0.556 e. The summed E-state index contributed by atoms with van der Waals surface area (Å²) in [6.45, 7) is -0.730. The molecule has 1 fully saturated rings. The Morgan fingerprint density at radius 3 is 2.07 bits per heavy atom. The maximum atomic E-state index is 15.3. The average molecular weight is 766 g/mol. The molecule has 1 heterocycles. The van der Waals surface area contributed by atoms with E-state index in [2.05, 4.69) is 5.32 Å². The second-order valence-corrected chi connectivity index (χ2v) is 12.5. The van der Waals surface area contributed by atoms with Crippen molar-refractivity contribution in [3.05, 3.63) is 94.8 Å². The number of ether oxygens (including phenoxy) is 7. The number of amides is 2. The number of nitrogens with one attached hydrogen (secondary N) is 1. The van der Waals surface area contributed by atoms with E-state index in [0.717, 1.165) is 0 Å². The van der Waals surface area contributed by atoms with Crippen LogP contribution in [0.1, 0.15) is 55.9 Å². The Balaban J connectivity index is 1.35. The monoisotopic (exact) mass is 765 g/mol. The molecular weight excluding hydrogens is 723 g/mol. The van der Waals surface area contributed by atoms with Crippen molar-refractivity contribution in [2.75, 3.05) is 61.9 Å². The predicted molar refractivity (Wildman–Crippen MR) is 193 cm³/mol. The van der Waals surface area contributed by atoms with Gasteiger partial charge < -0.3 is 43.6 Å². The van der Waals surface area contributed by atoms with Crippen LogP contribution >= 0.6 is 0 Å². The van der Waals surface area contributed by atoms with Crippen molar-refractivity contribution >= 4 is 34.5 Å². The number of likely N-dealkylation sites (tertiary alicyclic amines) is 1. The molecule has 0 spiro atoms. The first-order chi connectivity index (χ1) is 26.5. The third-order valence-corrected chi connectivity index (χ3v) is 8.86. The van der Waals surface area contributed by atoms with Gasteiger partial charge in [-0.15, -0.1) is 0 Å². The molecule has 0 radical (unpaired) electrons. The highest BCUT2D eigenvalue weighted by molar-refractivity contribution is 6.11. The Morgan fingerprint density at radius 2 is 1.42 bits per heavy atom. The molecule has 15 nitrogen and oxygen atoms in total. The lowest BCUT2D eigenvalue weighted by atomic mass is 10.00. The molecule has 292 valence electrons. The first-order valence-electron chi connectivity index (χ1n) is 17.1. The Morgan fingerprint density at radius 1 is 0.782 bits per heavy atom. The van der Waals surface area contributed by atoms with Gasteiger partial charge in [0.05, 0.1) is 24.3 Å². The number of ketones is 1. The van der Waals surface area contributed by atoms with Crippen LogP contribution in [0.2, 0.25) is 0 Å². The van der Waals surface area contributed by atoms with E-state index >= 15 is 4.39 Å². The minimum absolute atomic E-state index is 0.00640. The van der Waals surface area contributed by atoms with Gasteiger partial charge in [0.15, 0.2) is 44.3 Å². The number of fused-ring (bicyclic) bond motifs is 1. The molecule has 0 aromatic heterocycles.